The fourth-order valence-corrected chi connectivity index (χ4v) is 4.15. The Balaban J connectivity index is 1.27. The SMILES string of the molecule is Nc1ccn(-c2ccc(CCN3CC4C(CNC(=O)O)C4C3)cc2)c(=O)n1. The van der Waals surface area contributed by atoms with Crippen molar-refractivity contribution in [2.45, 2.75) is 6.42 Å². The van der Waals surface area contributed by atoms with Crippen LogP contribution < -0.4 is 16.7 Å². The minimum Gasteiger partial charge on any atom is -0.465 e. The molecule has 2 atom stereocenters. The third-order valence-corrected chi connectivity index (χ3v) is 5.69. The van der Waals surface area contributed by atoms with Gasteiger partial charge in [0.2, 0.25) is 0 Å². The van der Waals surface area contributed by atoms with Gasteiger partial charge in [-0.3, -0.25) is 4.57 Å². The van der Waals surface area contributed by atoms with E-state index in [1.165, 1.54) is 10.1 Å². The maximum Gasteiger partial charge on any atom is 0.404 e. The normalized spacial score (nSPS) is 23.8. The van der Waals surface area contributed by atoms with Gasteiger partial charge in [-0.15, -0.1) is 0 Å². The number of anilines is 1. The smallest absolute Gasteiger partial charge is 0.404 e. The lowest BCUT2D eigenvalue weighted by Gasteiger charge is -2.19. The van der Waals surface area contributed by atoms with Gasteiger partial charge in [-0.2, -0.15) is 4.98 Å². The highest BCUT2D eigenvalue weighted by atomic mass is 16.4. The Morgan fingerprint density at radius 1 is 1.22 bits per heavy atom. The number of benzene rings is 1. The number of nitrogen functional groups attached to an aromatic ring is 1. The molecule has 1 amide bonds. The van der Waals surface area contributed by atoms with Crippen LogP contribution in [0.5, 0.6) is 0 Å². The Hall–Kier alpha value is -2.87. The Morgan fingerprint density at radius 2 is 1.93 bits per heavy atom. The number of amides is 1. The maximum atomic E-state index is 11.9. The van der Waals surface area contributed by atoms with E-state index in [4.69, 9.17) is 10.8 Å². The van der Waals surface area contributed by atoms with Gasteiger partial charge >= 0.3 is 11.8 Å². The first-order valence-corrected chi connectivity index (χ1v) is 9.15. The van der Waals surface area contributed by atoms with Crippen molar-refractivity contribution in [2.24, 2.45) is 17.8 Å². The van der Waals surface area contributed by atoms with Crippen LogP contribution in [-0.2, 0) is 6.42 Å². The van der Waals surface area contributed by atoms with Gasteiger partial charge in [-0.25, -0.2) is 9.59 Å². The number of hydrogen-bond acceptors (Lipinski definition) is 5. The minimum atomic E-state index is -0.933. The van der Waals surface area contributed by atoms with E-state index >= 15 is 0 Å². The number of likely N-dealkylation sites (tertiary alicyclic amines) is 1. The lowest BCUT2D eigenvalue weighted by Crippen LogP contribution is -2.30. The van der Waals surface area contributed by atoms with E-state index in [1.807, 2.05) is 24.3 Å². The maximum absolute atomic E-state index is 11.9. The van der Waals surface area contributed by atoms with Gasteiger partial charge in [-0.05, 0) is 47.9 Å². The first-order valence-electron chi connectivity index (χ1n) is 9.15. The van der Waals surface area contributed by atoms with Crippen molar-refractivity contribution < 1.29 is 9.90 Å². The molecule has 2 fully saturated rings. The number of aromatic nitrogens is 2. The zero-order valence-corrected chi connectivity index (χ0v) is 14.9. The van der Waals surface area contributed by atoms with Crippen molar-refractivity contribution in [3.63, 3.8) is 0 Å². The molecule has 2 aromatic rings. The molecule has 2 heterocycles. The van der Waals surface area contributed by atoms with Crippen LogP contribution in [-0.4, -0.2) is 51.8 Å². The molecule has 27 heavy (non-hydrogen) atoms. The molecule has 1 aromatic heterocycles. The van der Waals surface area contributed by atoms with Crippen molar-refractivity contribution >= 4 is 11.9 Å². The first-order chi connectivity index (χ1) is 13.0. The van der Waals surface area contributed by atoms with E-state index < -0.39 is 6.09 Å². The summed E-state index contributed by atoms with van der Waals surface area (Å²) in [6, 6.07) is 9.52. The number of fused-ring (bicyclic) bond motifs is 1. The second-order valence-corrected chi connectivity index (χ2v) is 7.36. The second-order valence-electron chi connectivity index (χ2n) is 7.36. The van der Waals surface area contributed by atoms with Crippen LogP contribution in [0.2, 0.25) is 0 Å². The molecule has 0 radical (unpaired) electrons. The Kier molecular flexibility index (Phi) is 4.57. The zero-order valence-electron chi connectivity index (χ0n) is 14.9. The highest BCUT2D eigenvalue weighted by molar-refractivity contribution is 5.64. The van der Waals surface area contributed by atoms with E-state index in [1.54, 1.807) is 12.3 Å². The Bertz CT molecular complexity index is 883. The number of nitrogens with one attached hydrogen (secondary N) is 1. The number of nitrogens with two attached hydrogens (primary N) is 1. The largest absolute Gasteiger partial charge is 0.465 e. The molecule has 1 saturated heterocycles. The molecular weight excluding hydrogens is 346 g/mol. The fourth-order valence-electron chi connectivity index (χ4n) is 4.15. The van der Waals surface area contributed by atoms with Crippen LogP contribution in [0.3, 0.4) is 0 Å². The van der Waals surface area contributed by atoms with Crippen LogP contribution in [0.1, 0.15) is 5.56 Å². The summed E-state index contributed by atoms with van der Waals surface area (Å²) in [7, 11) is 0. The molecular formula is C19H23N5O3. The van der Waals surface area contributed by atoms with Crippen molar-refractivity contribution in [2.75, 3.05) is 31.9 Å². The van der Waals surface area contributed by atoms with Crippen LogP contribution in [0.15, 0.2) is 41.3 Å². The topological polar surface area (TPSA) is 113 Å². The molecule has 8 nitrogen and oxygen atoms in total. The van der Waals surface area contributed by atoms with E-state index in [0.29, 0.717) is 24.3 Å². The molecule has 8 heteroatoms. The predicted molar refractivity (Wildman–Crippen MR) is 101 cm³/mol. The van der Waals surface area contributed by atoms with Crippen LogP contribution in [0.4, 0.5) is 10.6 Å². The van der Waals surface area contributed by atoms with Gasteiger partial charge in [0.05, 0.1) is 5.69 Å². The predicted octanol–water partition coefficient (Wildman–Crippen LogP) is 0.803. The van der Waals surface area contributed by atoms with Gasteiger partial charge in [0.1, 0.15) is 5.82 Å². The van der Waals surface area contributed by atoms with Crippen LogP contribution >= 0.6 is 0 Å². The average molecular weight is 369 g/mol. The summed E-state index contributed by atoms with van der Waals surface area (Å²) in [6.45, 7) is 3.69. The molecule has 1 aliphatic heterocycles. The van der Waals surface area contributed by atoms with Crippen LogP contribution in [0.25, 0.3) is 5.69 Å². The minimum absolute atomic E-state index is 0.220. The summed E-state index contributed by atoms with van der Waals surface area (Å²) in [4.78, 5) is 28.7. The molecule has 4 N–H and O–H groups in total. The quantitative estimate of drug-likeness (QED) is 0.694. The summed E-state index contributed by atoms with van der Waals surface area (Å²) < 4.78 is 1.47. The average Bonchev–Trinajstić information content (AvgIpc) is 3.09. The lowest BCUT2D eigenvalue weighted by molar-refractivity contribution is 0.192. The molecule has 2 aliphatic rings. The summed E-state index contributed by atoms with van der Waals surface area (Å²) in [5.41, 5.74) is 7.13. The summed E-state index contributed by atoms with van der Waals surface area (Å²) in [5, 5.41) is 11.2. The fraction of sp³-hybridized carbons (Fsp3) is 0.421. The van der Waals surface area contributed by atoms with Crippen molar-refractivity contribution in [3.05, 3.63) is 52.6 Å². The lowest BCUT2D eigenvalue weighted by atomic mass is 10.1. The molecule has 0 bridgehead atoms. The van der Waals surface area contributed by atoms with Crippen molar-refractivity contribution in [1.82, 2.24) is 19.8 Å². The first kappa shape index (κ1) is 17.5. The zero-order chi connectivity index (χ0) is 19.0. The van der Waals surface area contributed by atoms with Gasteiger partial charge in [0.15, 0.2) is 0 Å². The molecule has 1 saturated carbocycles. The van der Waals surface area contributed by atoms with Gasteiger partial charge < -0.3 is 21.1 Å². The molecule has 142 valence electrons. The summed E-state index contributed by atoms with van der Waals surface area (Å²) in [5.74, 6) is 2.02. The molecule has 0 spiro atoms. The van der Waals surface area contributed by atoms with Crippen molar-refractivity contribution in [1.29, 1.82) is 0 Å². The van der Waals surface area contributed by atoms with E-state index in [-0.39, 0.29) is 11.5 Å². The van der Waals surface area contributed by atoms with Crippen molar-refractivity contribution in [3.8, 4) is 5.69 Å². The Morgan fingerprint density at radius 3 is 2.56 bits per heavy atom. The van der Waals surface area contributed by atoms with E-state index in [2.05, 4.69) is 15.2 Å². The van der Waals surface area contributed by atoms with Gasteiger partial charge in [-0.1, -0.05) is 12.1 Å². The van der Waals surface area contributed by atoms with Crippen LogP contribution in [0, 0.1) is 17.8 Å². The third-order valence-electron chi connectivity index (χ3n) is 5.69. The molecule has 1 aliphatic carbocycles. The third kappa shape index (κ3) is 3.80. The monoisotopic (exact) mass is 369 g/mol. The van der Waals surface area contributed by atoms with Gasteiger partial charge in [0, 0.05) is 32.4 Å². The van der Waals surface area contributed by atoms with Gasteiger partial charge in [0.25, 0.3) is 0 Å². The summed E-state index contributed by atoms with van der Waals surface area (Å²) >= 11 is 0. The number of carboxylic acid groups (broad SMARTS) is 1. The number of rotatable bonds is 6. The van der Waals surface area contributed by atoms with E-state index in [0.717, 1.165) is 31.7 Å². The number of nitrogens with zero attached hydrogens (tertiary/aromatic N) is 3. The molecule has 2 unspecified atom stereocenters. The number of piperidine rings is 1. The highest BCUT2D eigenvalue weighted by Crippen LogP contribution is 2.51. The standard InChI is InChI=1S/C19H23N5O3/c20-17-6-8-24(18(25)22-17)13-3-1-12(2-4-13)5-7-23-10-15-14(16(15)11-23)9-21-19(26)27/h1-4,6,8,14-16,21H,5,7,9-11H2,(H,26,27)(H2,20,22,25). The highest BCUT2D eigenvalue weighted by Gasteiger charge is 2.54. The molecule has 4 rings (SSSR count). The number of carbonyl (C=O) groups is 1. The molecule has 1 aromatic carbocycles. The second kappa shape index (κ2) is 7.03. The number of hydrogen-bond donors (Lipinski definition) is 3. The Labute approximate surface area is 156 Å². The summed E-state index contributed by atoms with van der Waals surface area (Å²) in [6.07, 6.45) is 1.65. The van der Waals surface area contributed by atoms with E-state index in [9.17, 15) is 9.59 Å².